The number of aromatic nitrogens is 3. The number of amides is 3. The first-order valence-electron chi connectivity index (χ1n) is 14.6. The van der Waals surface area contributed by atoms with Crippen LogP contribution in [0.25, 0.3) is 5.69 Å². The molecular weight excluding hydrogens is 542 g/mol. The summed E-state index contributed by atoms with van der Waals surface area (Å²) in [6.07, 6.45) is 4.20. The normalized spacial score (nSPS) is 11.3. The summed E-state index contributed by atoms with van der Waals surface area (Å²) in [6, 6.07) is 19.3. The Labute approximate surface area is 253 Å². The van der Waals surface area contributed by atoms with Gasteiger partial charge in [0.1, 0.15) is 17.3 Å². The number of carbonyl (C=O) groups is 2. The monoisotopic (exact) mass is 583 g/mol. The van der Waals surface area contributed by atoms with Gasteiger partial charge in [0.15, 0.2) is 0 Å². The first-order chi connectivity index (χ1) is 20.7. The van der Waals surface area contributed by atoms with Crippen molar-refractivity contribution < 1.29 is 14.3 Å². The van der Waals surface area contributed by atoms with Crippen LogP contribution < -0.4 is 20.7 Å². The summed E-state index contributed by atoms with van der Waals surface area (Å²) in [4.78, 5) is 32.3. The van der Waals surface area contributed by atoms with Crippen molar-refractivity contribution in [2.75, 3.05) is 36.8 Å². The van der Waals surface area contributed by atoms with E-state index in [2.05, 4.69) is 60.5 Å². The highest BCUT2D eigenvalue weighted by Gasteiger charge is 2.22. The number of hydrogen-bond acceptors (Lipinski definition) is 6. The van der Waals surface area contributed by atoms with Crippen molar-refractivity contribution in [1.82, 2.24) is 25.0 Å². The number of ether oxygens (including phenoxy) is 1. The minimum atomic E-state index is -0.425. The molecule has 0 saturated carbocycles. The molecule has 4 aromatic rings. The maximum atomic E-state index is 13.0. The SMILES string of the molecule is CCN(CC)CCCNC(=O)c1cccc(-n2nc(C(C)(C)C)cc2NC(=O)Nc2ccc(Oc3ccncc3)cc2)c1. The lowest BCUT2D eigenvalue weighted by Crippen LogP contribution is -2.30. The summed E-state index contributed by atoms with van der Waals surface area (Å²) in [5.41, 5.74) is 2.33. The second-order valence-corrected chi connectivity index (χ2v) is 11.2. The van der Waals surface area contributed by atoms with Crippen molar-refractivity contribution in [3.05, 3.63) is 90.4 Å². The largest absolute Gasteiger partial charge is 0.457 e. The standard InChI is InChI=1S/C33H41N7O3/c1-6-39(7-2)21-9-18-35-31(41)24-10-8-11-26(22-24)40-30(23-29(38-40)33(3,4)5)37-32(42)36-25-12-14-27(15-13-25)43-28-16-19-34-20-17-28/h8,10-17,19-20,22-23H,6-7,9,18,21H2,1-5H3,(H,35,41)(H2,36,37,42). The topological polar surface area (TPSA) is 113 Å². The minimum absolute atomic E-state index is 0.145. The van der Waals surface area contributed by atoms with E-state index < -0.39 is 6.03 Å². The van der Waals surface area contributed by atoms with Gasteiger partial charge >= 0.3 is 6.03 Å². The Hall–Kier alpha value is -4.70. The number of nitrogens with zero attached hydrogens (tertiary/aromatic N) is 4. The molecule has 2 heterocycles. The van der Waals surface area contributed by atoms with Gasteiger partial charge in [0, 0.05) is 41.7 Å². The van der Waals surface area contributed by atoms with Crippen LogP contribution in [0.3, 0.4) is 0 Å². The third-order valence-electron chi connectivity index (χ3n) is 6.90. The van der Waals surface area contributed by atoms with Crippen LogP contribution in [0.4, 0.5) is 16.3 Å². The van der Waals surface area contributed by atoms with Crippen molar-refractivity contribution >= 4 is 23.4 Å². The Morgan fingerprint density at radius 1 is 0.907 bits per heavy atom. The number of rotatable bonds is 12. The fourth-order valence-corrected chi connectivity index (χ4v) is 4.39. The van der Waals surface area contributed by atoms with Crippen LogP contribution in [0.1, 0.15) is 57.1 Å². The van der Waals surface area contributed by atoms with Gasteiger partial charge in [0.05, 0.1) is 11.4 Å². The minimum Gasteiger partial charge on any atom is -0.457 e. The lowest BCUT2D eigenvalue weighted by atomic mass is 9.92. The van der Waals surface area contributed by atoms with E-state index >= 15 is 0 Å². The molecule has 3 N–H and O–H groups in total. The summed E-state index contributed by atoms with van der Waals surface area (Å²) in [5.74, 6) is 1.65. The molecule has 226 valence electrons. The van der Waals surface area contributed by atoms with E-state index in [1.807, 2.05) is 18.2 Å². The maximum Gasteiger partial charge on any atom is 0.324 e. The average molecular weight is 584 g/mol. The third kappa shape index (κ3) is 8.89. The second kappa shape index (κ2) is 14.5. The summed E-state index contributed by atoms with van der Waals surface area (Å²) in [5, 5.41) is 13.6. The molecule has 0 fully saturated rings. The number of anilines is 2. The summed E-state index contributed by atoms with van der Waals surface area (Å²) >= 11 is 0. The van der Waals surface area contributed by atoms with Gasteiger partial charge in [-0.1, -0.05) is 40.7 Å². The highest BCUT2D eigenvalue weighted by atomic mass is 16.5. The summed E-state index contributed by atoms with van der Waals surface area (Å²) in [7, 11) is 0. The summed E-state index contributed by atoms with van der Waals surface area (Å²) < 4.78 is 7.45. The molecular formula is C33H41N7O3. The molecule has 0 aliphatic carbocycles. The zero-order valence-electron chi connectivity index (χ0n) is 25.6. The Balaban J connectivity index is 1.45. The van der Waals surface area contributed by atoms with E-state index in [0.29, 0.717) is 40.8 Å². The van der Waals surface area contributed by atoms with Crippen LogP contribution in [0.5, 0.6) is 11.5 Å². The van der Waals surface area contributed by atoms with Gasteiger partial charge in [-0.15, -0.1) is 0 Å². The first kappa shape index (κ1) is 31.2. The van der Waals surface area contributed by atoms with Gasteiger partial charge in [-0.2, -0.15) is 5.10 Å². The van der Waals surface area contributed by atoms with Crippen molar-refractivity contribution in [2.45, 2.75) is 46.5 Å². The molecule has 4 rings (SSSR count). The van der Waals surface area contributed by atoms with Gasteiger partial charge in [0.2, 0.25) is 0 Å². The molecule has 0 atom stereocenters. The van der Waals surface area contributed by atoms with Crippen LogP contribution >= 0.6 is 0 Å². The van der Waals surface area contributed by atoms with Crippen molar-refractivity contribution in [3.8, 4) is 17.2 Å². The molecule has 3 amide bonds. The van der Waals surface area contributed by atoms with Crippen LogP contribution in [-0.4, -0.2) is 57.8 Å². The lowest BCUT2D eigenvalue weighted by molar-refractivity contribution is 0.0951. The van der Waals surface area contributed by atoms with E-state index in [9.17, 15) is 9.59 Å². The molecule has 0 saturated heterocycles. The molecule has 10 nitrogen and oxygen atoms in total. The number of urea groups is 1. The van der Waals surface area contributed by atoms with E-state index in [1.165, 1.54) is 0 Å². The Morgan fingerprint density at radius 2 is 1.60 bits per heavy atom. The van der Waals surface area contributed by atoms with Crippen molar-refractivity contribution in [2.24, 2.45) is 0 Å². The van der Waals surface area contributed by atoms with E-state index in [-0.39, 0.29) is 11.3 Å². The van der Waals surface area contributed by atoms with Crippen LogP contribution in [0, 0.1) is 0 Å². The summed E-state index contributed by atoms with van der Waals surface area (Å²) in [6.45, 7) is 14.0. The highest BCUT2D eigenvalue weighted by Crippen LogP contribution is 2.27. The van der Waals surface area contributed by atoms with E-state index in [0.717, 1.165) is 31.7 Å². The predicted molar refractivity (Wildman–Crippen MR) is 170 cm³/mol. The smallest absolute Gasteiger partial charge is 0.324 e. The van der Waals surface area contributed by atoms with Gasteiger partial charge in [-0.25, -0.2) is 9.48 Å². The fourth-order valence-electron chi connectivity index (χ4n) is 4.39. The molecule has 0 bridgehead atoms. The molecule has 0 spiro atoms. The zero-order chi connectivity index (χ0) is 30.8. The maximum absolute atomic E-state index is 13.0. The number of hydrogen-bond donors (Lipinski definition) is 3. The number of carbonyl (C=O) groups excluding carboxylic acids is 2. The molecule has 0 unspecified atom stereocenters. The second-order valence-electron chi connectivity index (χ2n) is 11.2. The first-order valence-corrected chi connectivity index (χ1v) is 14.6. The number of benzene rings is 2. The molecule has 2 aromatic heterocycles. The quantitative estimate of drug-likeness (QED) is 0.165. The lowest BCUT2D eigenvalue weighted by Gasteiger charge is -2.17. The molecule has 0 aliphatic rings. The van der Waals surface area contributed by atoms with Gasteiger partial charge < -0.3 is 20.3 Å². The highest BCUT2D eigenvalue weighted by molar-refractivity contribution is 5.99. The van der Waals surface area contributed by atoms with Crippen molar-refractivity contribution in [3.63, 3.8) is 0 Å². The fraction of sp³-hybridized carbons (Fsp3) is 0.333. The average Bonchev–Trinajstić information content (AvgIpc) is 3.43. The molecule has 0 aliphatic heterocycles. The van der Waals surface area contributed by atoms with Gasteiger partial charge in [-0.05, 0) is 80.7 Å². The molecule has 0 radical (unpaired) electrons. The Bertz CT molecular complexity index is 1490. The molecule has 43 heavy (non-hydrogen) atoms. The number of pyridine rings is 1. The zero-order valence-corrected chi connectivity index (χ0v) is 25.6. The van der Waals surface area contributed by atoms with Gasteiger partial charge in [-0.3, -0.25) is 15.1 Å². The molecule has 2 aromatic carbocycles. The molecule has 10 heteroatoms. The Morgan fingerprint density at radius 3 is 2.28 bits per heavy atom. The third-order valence-corrected chi connectivity index (χ3v) is 6.90. The number of nitrogens with one attached hydrogen (secondary N) is 3. The van der Waals surface area contributed by atoms with Crippen LogP contribution in [-0.2, 0) is 5.41 Å². The van der Waals surface area contributed by atoms with Gasteiger partial charge in [0.25, 0.3) is 5.91 Å². The van der Waals surface area contributed by atoms with E-state index in [1.54, 1.807) is 65.6 Å². The van der Waals surface area contributed by atoms with E-state index in [4.69, 9.17) is 9.84 Å². The van der Waals surface area contributed by atoms with Crippen molar-refractivity contribution in [1.29, 1.82) is 0 Å². The predicted octanol–water partition coefficient (Wildman–Crippen LogP) is 6.46. The van der Waals surface area contributed by atoms with Crippen LogP contribution in [0.2, 0.25) is 0 Å². The Kier molecular flexibility index (Phi) is 10.5. The van der Waals surface area contributed by atoms with Crippen LogP contribution in [0.15, 0.2) is 79.1 Å².